The first kappa shape index (κ1) is 13.3. The van der Waals surface area contributed by atoms with Crippen LogP contribution in [0.15, 0.2) is 0 Å². The molecule has 1 saturated carbocycles. The first-order chi connectivity index (χ1) is 8.26. The van der Waals surface area contributed by atoms with E-state index in [0.717, 1.165) is 26.2 Å². The molecule has 100 valence electrons. The normalized spacial score (nSPS) is 39.0. The minimum Gasteiger partial charge on any atom is -0.381 e. The molecule has 4 nitrogen and oxygen atoms in total. The fraction of sp³-hybridized carbons (Fsp3) is 1.00. The van der Waals surface area contributed by atoms with Crippen LogP contribution in [0.25, 0.3) is 0 Å². The molecule has 1 aliphatic heterocycles. The smallest absolute Gasteiger partial charge is 0.0986 e. The summed E-state index contributed by atoms with van der Waals surface area (Å²) in [4.78, 5) is 0. The number of hydrogen-bond acceptors (Lipinski definition) is 4. The van der Waals surface area contributed by atoms with Gasteiger partial charge in [-0.05, 0) is 32.6 Å². The summed E-state index contributed by atoms with van der Waals surface area (Å²) in [5.74, 6) is 0.652. The van der Waals surface area contributed by atoms with E-state index in [1.165, 1.54) is 6.42 Å². The lowest BCUT2D eigenvalue weighted by Crippen LogP contribution is -2.62. The second-order valence-electron chi connectivity index (χ2n) is 5.12. The average molecular weight is 243 g/mol. The van der Waals surface area contributed by atoms with E-state index in [0.29, 0.717) is 18.0 Å². The Balaban J connectivity index is 1.75. The molecule has 4 heteroatoms. The molecule has 2 rings (SSSR count). The van der Waals surface area contributed by atoms with Gasteiger partial charge >= 0.3 is 0 Å². The third-order valence-corrected chi connectivity index (χ3v) is 4.05. The van der Waals surface area contributed by atoms with E-state index in [4.69, 9.17) is 14.2 Å². The van der Waals surface area contributed by atoms with E-state index in [9.17, 15) is 0 Å². The Morgan fingerprint density at radius 3 is 2.88 bits per heavy atom. The summed E-state index contributed by atoms with van der Waals surface area (Å²) in [5, 5.41) is 3.66. The predicted molar refractivity (Wildman–Crippen MR) is 66.1 cm³/mol. The minimum atomic E-state index is 0.208. The van der Waals surface area contributed by atoms with Crippen LogP contribution < -0.4 is 5.32 Å². The molecule has 1 heterocycles. The van der Waals surface area contributed by atoms with Crippen LogP contribution >= 0.6 is 0 Å². The van der Waals surface area contributed by atoms with Crippen molar-refractivity contribution >= 4 is 0 Å². The molecular formula is C13H25NO3. The highest BCUT2D eigenvalue weighted by atomic mass is 16.5. The summed E-state index contributed by atoms with van der Waals surface area (Å²) in [5.41, 5.74) is 0. The van der Waals surface area contributed by atoms with Gasteiger partial charge in [-0.1, -0.05) is 0 Å². The molecule has 0 amide bonds. The highest BCUT2D eigenvalue weighted by Crippen LogP contribution is 2.28. The van der Waals surface area contributed by atoms with Gasteiger partial charge in [-0.15, -0.1) is 0 Å². The molecule has 0 aromatic rings. The van der Waals surface area contributed by atoms with Gasteiger partial charge in [0.1, 0.15) is 0 Å². The molecule has 2 fully saturated rings. The van der Waals surface area contributed by atoms with E-state index in [-0.39, 0.29) is 12.2 Å². The van der Waals surface area contributed by atoms with Gasteiger partial charge in [0.05, 0.1) is 18.8 Å². The zero-order valence-corrected chi connectivity index (χ0v) is 11.1. The maximum atomic E-state index is 5.63. The van der Waals surface area contributed by atoms with E-state index < -0.39 is 0 Å². The maximum Gasteiger partial charge on any atom is 0.0986 e. The van der Waals surface area contributed by atoms with Crippen molar-refractivity contribution in [1.82, 2.24) is 5.32 Å². The second kappa shape index (κ2) is 6.14. The van der Waals surface area contributed by atoms with Crippen molar-refractivity contribution in [3.63, 3.8) is 0 Å². The molecule has 5 atom stereocenters. The van der Waals surface area contributed by atoms with Crippen molar-refractivity contribution in [2.24, 2.45) is 5.92 Å². The molecule has 1 aliphatic carbocycles. The predicted octanol–water partition coefficient (Wildman–Crippen LogP) is 1.19. The molecule has 0 aromatic carbocycles. The lowest BCUT2D eigenvalue weighted by atomic mass is 9.83. The Kier molecular flexibility index (Phi) is 4.79. The summed E-state index contributed by atoms with van der Waals surface area (Å²) in [6.07, 6.45) is 2.71. The Morgan fingerprint density at radius 1 is 1.47 bits per heavy atom. The van der Waals surface area contributed by atoms with E-state index in [1.54, 1.807) is 7.11 Å². The Hall–Kier alpha value is -0.160. The Bertz CT molecular complexity index is 231. The van der Waals surface area contributed by atoms with Crippen molar-refractivity contribution in [1.29, 1.82) is 0 Å². The molecule has 2 aliphatic rings. The Labute approximate surface area is 104 Å². The second-order valence-corrected chi connectivity index (χ2v) is 5.12. The molecule has 1 saturated heterocycles. The zero-order chi connectivity index (χ0) is 12.3. The van der Waals surface area contributed by atoms with E-state index in [2.05, 4.69) is 12.2 Å². The van der Waals surface area contributed by atoms with Crippen LogP contribution in [0.2, 0.25) is 0 Å². The lowest BCUT2D eigenvalue weighted by molar-refractivity contribution is -0.133. The van der Waals surface area contributed by atoms with Gasteiger partial charge in [-0.2, -0.15) is 0 Å². The summed E-state index contributed by atoms with van der Waals surface area (Å²) in [7, 11) is 1.77. The fourth-order valence-electron chi connectivity index (χ4n) is 2.86. The topological polar surface area (TPSA) is 39.7 Å². The largest absolute Gasteiger partial charge is 0.381 e. The van der Waals surface area contributed by atoms with Crippen molar-refractivity contribution in [2.45, 2.75) is 51.0 Å². The number of hydrogen-bond donors (Lipinski definition) is 1. The van der Waals surface area contributed by atoms with Crippen molar-refractivity contribution < 1.29 is 14.2 Å². The van der Waals surface area contributed by atoms with Crippen LogP contribution in [0, 0.1) is 5.92 Å². The van der Waals surface area contributed by atoms with Crippen LogP contribution in [0.1, 0.15) is 26.7 Å². The van der Waals surface area contributed by atoms with E-state index >= 15 is 0 Å². The van der Waals surface area contributed by atoms with Gasteiger partial charge in [0.25, 0.3) is 0 Å². The summed E-state index contributed by atoms with van der Waals surface area (Å²) in [6.45, 7) is 6.86. The third kappa shape index (κ3) is 2.99. The average Bonchev–Trinajstić information content (AvgIpc) is 2.81. The first-order valence-corrected chi connectivity index (χ1v) is 6.74. The molecule has 0 radical (unpaired) electrons. The molecule has 0 aromatic heterocycles. The Morgan fingerprint density at radius 2 is 2.29 bits per heavy atom. The third-order valence-electron chi connectivity index (χ3n) is 4.05. The quantitative estimate of drug-likeness (QED) is 0.761. The highest BCUT2D eigenvalue weighted by molar-refractivity contribution is 4.98. The van der Waals surface area contributed by atoms with Crippen LogP contribution in [0.4, 0.5) is 0 Å². The van der Waals surface area contributed by atoms with Crippen molar-refractivity contribution in [2.75, 3.05) is 26.9 Å². The van der Waals surface area contributed by atoms with Gasteiger partial charge < -0.3 is 19.5 Å². The van der Waals surface area contributed by atoms with Crippen LogP contribution in [0.5, 0.6) is 0 Å². The van der Waals surface area contributed by atoms with Gasteiger partial charge in [0.15, 0.2) is 0 Å². The van der Waals surface area contributed by atoms with Gasteiger partial charge in [-0.3, -0.25) is 0 Å². The molecule has 0 bridgehead atoms. The van der Waals surface area contributed by atoms with Gasteiger partial charge in [0, 0.05) is 32.4 Å². The minimum absolute atomic E-state index is 0.208. The maximum absolute atomic E-state index is 5.63. The monoisotopic (exact) mass is 243 g/mol. The molecule has 17 heavy (non-hydrogen) atoms. The molecule has 5 unspecified atom stereocenters. The highest BCUT2D eigenvalue weighted by Gasteiger charge is 2.43. The van der Waals surface area contributed by atoms with Crippen molar-refractivity contribution in [3.8, 4) is 0 Å². The fourth-order valence-corrected chi connectivity index (χ4v) is 2.86. The van der Waals surface area contributed by atoms with Crippen molar-refractivity contribution in [3.05, 3.63) is 0 Å². The molecular weight excluding hydrogens is 218 g/mol. The zero-order valence-electron chi connectivity index (χ0n) is 11.1. The molecule has 0 spiro atoms. The van der Waals surface area contributed by atoms with Crippen LogP contribution in [-0.4, -0.2) is 51.2 Å². The lowest BCUT2D eigenvalue weighted by Gasteiger charge is -2.45. The summed E-state index contributed by atoms with van der Waals surface area (Å²) < 4.78 is 16.6. The summed E-state index contributed by atoms with van der Waals surface area (Å²) in [6, 6.07) is 0.940. The summed E-state index contributed by atoms with van der Waals surface area (Å²) >= 11 is 0. The number of ether oxygens (including phenoxy) is 3. The molecule has 1 N–H and O–H groups in total. The number of nitrogens with one attached hydrogen (secondary N) is 1. The van der Waals surface area contributed by atoms with Gasteiger partial charge in [-0.25, -0.2) is 0 Å². The van der Waals surface area contributed by atoms with E-state index in [1.807, 2.05) is 6.92 Å². The number of rotatable bonds is 6. The van der Waals surface area contributed by atoms with Crippen LogP contribution in [-0.2, 0) is 14.2 Å². The first-order valence-electron chi connectivity index (χ1n) is 6.74. The SMILES string of the molecule is CCOC1CC(NC(C)C2CCOC2)C1OC. The standard InChI is InChI=1S/C13H25NO3/c1-4-17-12-7-11(13(12)15-3)14-9(2)10-5-6-16-8-10/h9-14H,4-8H2,1-3H3. The number of methoxy groups -OCH3 is 1. The van der Waals surface area contributed by atoms with Crippen LogP contribution in [0.3, 0.4) is 0 Å². The van der Waals surface area contributed by atoms with Gasteiger partial charge in [0.2, 0.25) is 0 Å².